The lowest BCUT2D eigenvalue weighted by Gasteiger charge is -2.08. The van der Waals surface area contributed by atoms with Gasteiger partial charge < -0.3 is 10.6 Å². The molecule has 6 heteroatoms. The highest BCUT2D eigenvalue weighted by atomic mass is 16.6. The second-order valence-electron chi connectivity index (χ2n) is 4.27. The third-order valence-corrected chi connectivity index (χ3v) is 2.97. The van der Waals surface area contributed by atoms with Gasteiger partial charge in [-0.25, -0.2) is 0 Å². The normalized spacial score (nSPS) is 10.2. The summed E-state index contributed by atoms with van der Waals surface area (Å²) in [6, 6.07) is 5.06. The molecule has 6 nitrogen and oxygen atoms in total. The van der Waals surface area contributed by atoms with Gasteiger partial charge in [0.1, 0.15) is 0 Å². The van der Waals surface area contributed by atoms with Crippen molar-refractivity contribution in [2.75, 3.05) is 13.6 Å². The molecule has 0 aromatic heterocycles. The number of nitro groups is 1. The molecule has 1 rings (SSSR count). The summed E-state index contributed by atoms with van der Waals surface area (Å²) in [6.07, 6.45) is 1.23. The maximum atomic E-state index is 11.0. The van der Waals surface area contributed by atoms with Gasteiger partial charge >= 0.3 is 0 Å². The molecular formula is C13H19N3O3. The second-order valence-corrected chi connectivity index (χ2v) is 4.27. The van der Waals surface area contributed by atoms with Crippen molar-refractivity contribution in [2.45, 2.75) is 26.3 Å². The van der Waals surface area contributed by atoms with Crippen molar-refractivity contribution in [1.29, 1.82) is 0 Å². The number of rotatable bonds is 7. The molecule has 19 heavy (non-hydrogen) atoms. The van der Waals surface area contributed by atoms with E-state index in [1.807, 2.05) is 6.07 Å². The molecule has 0 unspecified atom stereocenters. The van der Waals surface area contributed by atoms with Crippen LogP contribution in [0.3, 0.4) is 0 Å². The summed E-state index contributed by atoms with van der Waals surface area (Å²) in [5.41, 5.74) is 1.74. The quantitative estimate of drug-likeness (QED) is 0.445. The summed E-state index contributed by atoms with van der Waals surface area (Å²) in [4.78, 5) is 21.4. The third kappa shape index (κ3) is 4.67. The highest BCUT2D eigenvalue weighted by Gasteiger charge is 2.12. The number of nitrogens with zero attached hydrogens (tertiary/aromatic N) is 1. The van der Waals surface area contributed by atoms with E-state index in [0.29, 0.717) is 25.1 Å². The van der Waals surface area contributed by atoms with Crippen molar-refractivity contribution in [1.82, 2.24) is 10.6 Å². The number of benzene rings is 1. The van der Waals surface area contributed by atoms with E-state index in [4.69, 9.17) is 0 Å². The Morgan fingerprint density at radius 3 is 2.79 bits per heavy atom. The van der Waals surface area contributed by atoms with Crippen LogP contribution in [0.5, 0.6) is 0 Å². The van der Waals surface area contributed by atoms with Crippen LogP contribution in [0.4, 0.5) is 5.69 Å². The van der Waals surface area contributed by atoms with Crippen molar-refractivity contribution in [3.05, 3.63) is 39.4 Å². The first-order valence-corrected chi connectivity index (χ1v) is 6.20. The van der Waals surface area contributed by atoms with Crippen LogP contribution in [0.1, 0.15) is 24.0 Å². The highest BCUT2D eigenvalue weighted by molar-refractivity contribution is 5.75. The molecule has 1 amide bonds. The fourth-order valence-corrected chi connectivity index (χ4v) is 1.78. The minimum atomic E-state index is -0.371. The molecule has 1 aromatic carbocycles. The molecule has 1 aromatic rings. The Morgan fingerprint density at radius 2 is 2.16 bits per heavy atom. The number of nitrogens with one attached hydrogen (secondary N) is 2. The number of amides is 1. The van der Waals surface area contributed by atoms with Gasteiger partial charge in [0, 0.05) is 31.6 Å². The summed E-state index contributed by atoms with van der Waals surface area (Å²) in [5, 5.41) is 16.5. The number of carbonyl (C=O) groups is 1. The molecule has 0 aliphatic carbocycles. The van der Waals surface area contributed by atoms with E-state index in [-0.39, 0.29) is 16.5 Å². The molecule has 0 saturated heterocycles. The van der Waals surface area contributed by atoms with E-state index in [2.05, 4.69) is 10.6 Å². The molecule has 0 atom stereocenters. The maximum Gasteiger partial charge on any atom is 0.272 e. The lowest BCUT2D eigenvalue weighted by molar-refractivity contribution is -0.385. The largest absolute Gasteiger partial charge is 0.359 e. The van der Waals surface area contributed by atoms with Crippen molar-refractivity contribution in [3.8, 4) is 0 Å². The lowest BCUT2D eigenvalue weighted by atomic mass is 10.1. The van der Waals surface area contributed by atoms with Crippen LogP contribution in [-0.4, -0.2) is 24.4 Å². The van der Waals surface area contributed by atoms with Crippen LogP contribution in [0, 0.1) is 17.0 Å². The Kier molecular flexibility index (Phi) is 5.95. The minimum absolute atomic E-state index is 0.0216. The molecule has 0 aliphatic heterocycles. The molecule has 0 fully saturated rings. The molecule has 0 radical (unpaired) electrons. The molecule has 0 aliphatic rings. The average molecular weight is 265 g/mol. The zero-order valence-electron chi connectivity index (χ0n) is 11.2. The van der Waals surface area contributed by atoms with Crippen molar-refractivity contribution in [3.63, 3.8) is 0 Å². The van der Waals surface area contributed by atoms with E-state index >= 15 is 0 Å². The van der Waals surface area contributed by atoms with Crippen molar-refractivity contribution >= 4 is 11.6 Å². The van der Waals surface area contributed by atoms with E-state index in [1.165, 1.54) is 6.07 Å². The van der Waals surface area contributed by atoms with Gasteiger partial charge in [-0.1, -0.05) is 12.1 Å². The Balaban J connectivity index is 2.44. The molecule has 0 bridgehead atoms. The van der Waals surface area contributed by atoms with Gasteiger partial charge in [-0.05, 0) is 25.5 Å². The van der Waals surface area contributed by atoms with Crippen LogP contribution < -0.4 is 10.6 Å². The van der Waals surface area contributed by atoms with Crippen LogP contribution in [0.15, 0.2) is 18.2 Å². The van der Waals surface area contributed by atoms with E-state index in [0.717, 1.165) is 12.0 Å². The number of hydrogen-bond donors (Lipinski definition) is 2. The highest BCUT2D eigenvalue weighted by Crippen LogP contribution is 2.20. The van der Waals surface area contributed by atoms with E-state index in [1.54, 1.807) is 20.0 Å². The predicted octanol–water partition coefficient (Wildman–Crippen LogP) is 1.52. The Morgan fingerprint density at radius 1 is 1.42 bits per heavy atom. The number of nitro benzene ring substituents is 1. The molecular weight excluding hydrogens is 246 g/mol. The lowest BCUT2D eigenvalue weighted by Crippen LogP contribution is -2.21. The van der Waals surface area contributed by atoms with E-state index in [9.17, 15) is 14.9 Å². The van der Waals surface area contributed by atoms with Crippen molar-refractivity contribution in [2.24, 2.45) is 0 Å². The smallest absolute Gasteiger partial charge is 0.272 e. The Bertz CT molecular complexity index is 460. The minimum Gasteiger partial charge on any atom is -0.359 e. The molecule has 104 valence electrons. The summed E-state index contributed by atoms with van der Waals surface area (Å²) in [6.45, 7) is 3.02. The summed E-state index contributed by atoms with van der Waals surface area (Å²) >= 11 is 0. The Hall–Kier alpha value is -1.95. The monoisotopic (exact) mass is 265 g/mol. The zero-order chi connectivity index (χ0) is 14.3. The zero-order valence-corrected chi connectivity index (χ0v) is 11.2. The average Bonchev–Trinajstić information content (AvgIpc) is 2.39. The SMILES string of the molecule is CNC(=O)CCCNCc1cccc([N+](=O)[O-])c1C. The fraction of sp³-hybridized carbons (Fsp3) is 0.462. The molecule has 2 N–H and O–H groups in total. The van der Waals surface area contributed by atoms with Gasteiger partial charge in [0.15, 0.2) is 0 Å². The summed E-state index contributed by atoms with van der Waals surface area (Å²) < 4.78 is 0. The predicted molar refractivity (Wildman–Crippen MR) is 72.8 cm³/mol. The second kappa shape index (κ2) is 7.48. The van der Waals surface area contributed by atoms with Crippen molar-refractivity contribution < 1.29 is 9.72 Å². The molecule has 0 saturated carbocycles. The molecule has 0 heterocycles. The maximum absolute atomic E-state index is 11.0. The third-order valence-electron chi connectivity index (χ3n) is 2.97. The van der Waals surface area contributed by atoms with Crippen LogP contribution in [-0.2, 0) is 11.3 Å². The Labute approximate surface area is 112 Å². The van der Waals surface area contributed by atoms with Crippen LogP contribution in [0.2, 0.25) is 0 Å². The van der Waals surface area contributed by atoms with Gasteiger partial charge in [0.2, 0.25) is 5.91 Å². The first-order valence-electron chi connectivity index (χ1n) is 6.20. The van der Waals surface area contributed by atoms with Gasteiger partial charge in [-0.3, -0.25) is 14.9 Å². The van der Waals surface area contributed by atoms with E-state index < -0.39 is 0 Å². The topological polar surface area (TPSA) is 84.3 Å². The number of hydrogen-bond acceptors (Lipinski definition) is 4. The van der Waals surface area contributed by atoms with Gasteiger partial charge in [-0.15, -0.1) is 0 Å². The standard InChI is InChI=1S/C13H19N3O3/c1-10-11(5-3-6-12(10)16(18)19)9-15-8-4-7-13(17)14-2/h3,5-6,15H,4,7-9H2,1-2H3,(H,14,17). The summed E-state index contributed by atoms with van der Waals surface area (Å²) in [5.74, 6) is 0.0216. The first-order chi connectivity index (χ1) is 9.06. The van der Waals surface area contributed by atoms with Gasteiger partial charge in [0.05, 0.1) is 4.92 Å². The molecule has 0 spiro atoms. The number of carbonyl (C=O) groups excluding carboxylic acids is 1. The van der Waals surface area contributed by atoms with Gasteiger partial charge in [0.25, 0.3) is 5.69 Å². The summed E-state index contributed by atoms with van der Waals surface area (Å²) in [7, 11) is 1.61. The van der Waals surface area contributed by atoms with Crippen LogP contribution >= 0.6 is 0 Å². The first kappa shape index (κ1) is 15.1. The fourth-order valence-electron chi connectivity index (χ4n) is 1.78. The van der Waals surface area contributed by atoms with Crippen LogP contribution in [0.25, 0.3) is 0 Å². The van der Waals surface area contributed by atoms with Gasteiger partial charge in [-0.2, -0.15) is 0 Å².